The lowest BCUT2D eigenvalue weighted by Gasteiger charge is -2.31. The topological polar surface area (TPSA) is 101 Å². The maximum absolute atomic E-state index is 14.3. The predicted octanol–water partition coefficient (Wildman–Crippen LogP) is 5.82. The molecule has 4 aromatic carbocycles. The number of amides is 1. The number of halogens is 3. The Bertz CT molecular complexity index is 1650. The number of ether oxygens (including phenoxy) is 3. The van der Waals surface area contributed by atoms with Crippen molar-refractivity contribution in [3.05, 3.63) is 129 Å². The summed E-state index contributed by atoms with van der Waals surface area (Å²) in [7, 11) is 1.56. The van der Waals surface area contributed by atoms with Gasteiger partial charge in [0.2, 0.25) is 5.90 Å². The maximum atomic E-state index is 14.3. The lowest BCUT2D eigenvalue weighted by Crippen LogP contribution is -2.53. The quantitative estimate of drug-likeness (QED) is 0.122. The Balaban J connectivity index is 1.52. The van der Waals surface area contributed by atoms with Gasteiger partial charge in [-0.1, -0.05) is 46.3 Å². The molecule has 0 unspecified atom stereocenters. The van der Waals surface area contributed by atoms with Gasteiger partial charge in [0.1, 0.15) is 23.1 Å². The monoisotopic (exact) mass is 679 g/mol. The molecule has 0 bridgehead atoms. The summed E-state index contributed by atoms with van der Waals surface area (Å²) in [5, 5.41) is 9.04. The highest BCUT2D eigenvalue weighted by molar-refractivity contribution is 9.10. The molecule has 0 aliphatic carbocycles. The molecule has 1 heterocycles. The fourth-order valence-electron chi connectivity index (χ4n) is 4.99. The van der Waals surface area contributed by atoms with E-state index in [4.69, 9.17) is 24.3 Å². The summed E-state index contributed by atoms with van der Waals surface area (Å²) in [6.45, 7) is 0.312. The number of rotatable bonds is 13. The van der Waals surface area contributed by atoms with E-state index < -0.39 is 29.2 Å². The minimum Gasteiger partial charge on any atom is -0.497 e. The molecule has 0 fully saturated rings. The maximum Gasteiger partial charge on any atom is 0.266 e. The van der Waals surface area contributed by atoms with Crippen molar-refractivity contribution in [2.75, 3.05) is 20.3 Å². The molecule has 3 N–H and O–H groups in total. The summed E-state index contributed by atoms with van der Waals surface area (Å²) >= 11 is 3.47. The zero-order valence-electron chi connectivity index (χ0n) is 24.4. The van der Waals surface area contributed by atoms with Crippen molar-refractivity contribution in [3.63, 3.8) is 0 Å². The molecule has 5 rings (SSSR count). The van der Waals surface area contributed by atoms with Crippen molar-refractivity contribution < 1.29 is 32.9 Å². The number of benzene rings is 4. The van der Waals surface area contributed by atoms with E-state index in [1.54, 1.807) is 43.5 Å². The molecule has 0 saturated heterocycles. The smallest absolute Gasteiger partial charge is 0.266 e. The van der Waals surface area contributed by atoms with E-state index in [0.29, 0.717) is 35.7 Å². The average Bonchev–Trinajstić information content (AvgIpc) is 3.44. The molecule has 0 aromatic heterocycles. The van der Waals surface area contributed by atoms with Crippen LogP contribution < -0.4 is 20.3 Å². The Hall–Kier alpha value is -4.32. The largest absolute Gasteiger partial charge is 0.497 e. The number of aliphatic hydroxyl groups is 1. The number of aliphatic hydroxyl groups excluding tert-OH is 1. The number of hydrazine groups is 1. The summed E-state index contributed by atoms with van der Waals surface area (Å²) in [6, 6.07) is 25.2. The van der Waals surface area contributed by atoms with Gasteiger partial charge in [0.25, 0.3) is 5.91 Å². The number of nitrogens with one attached hydrogen (secondary N) is 2. The molecule has 1 aliphatic rings. The number of nitrogens with zero attached hydrogens (tertiary/aromatic N) is 1. The van der Waals surface area contributed by atoms with Crippen LogP contribution >= 0.6 is 15.9 Å². The van der Waals surface area contributed by atoms with Crippen LogP contribution in [0.15, 0.2) is 100 Å². The molecule has 45 heavy (non-hydrogen) atoms. The summed E-state index contributed by atoms with van der Waals surface area (Å²) in [5.41, 5.74) is 6.27. The second kappa shape index (κ2) is 14.6. The predicted molar refractivity (Wildman–Crippen MR) is 169 cm³/mol. The molecule has 11 heteroatoms. The van der Waals surface area contributed by atoms with Crippen molar-refractivity contribution >= 4 is 27.7 Å². The van der Waals surface area contributed by atoms with Gasteiger partial charge in [-0.25, -0.2) is 19.2 Å². The highest BCUT2D eigenvalue weighted by atomic mass is 79.9. The van der Waals surface area contributed by atoms with Crippen molar-refractivity contribution in [2.24, 2.45) is 4.99 Å². The fraction of sp³-hybridized carbons (Fsp3) is 0.235. The summed E-state index contributed by atoms with van der Waals surface area (Å²) in [5.74, 6) is -0.488. The normalized spacial score (nSPS) is 17.4. The van der Waals surface area contributed by atoms with E-state index in [-0.39, 0.29) is 31.0 Å². The Labute approximate surface area is 268 Å². The molecular weight excluding hydrogens is 648 g/mol. The van der Waals surface area contributed by atoms with E-state index in [0.717, 1.165) is 22.2 Å². The number of hydrogen-bond acceptors (Lipinski definition) is 7. The first-order valence-corrected chi connectivity index (χ1v) is 15.1. The lowest BCUT2D eigenvalue weighted by molar-refractivity contribution is -0.130. The fourth-order valence-corrected chi connectivity index (χ4v) is 5.26. The van der Waals surface area contributed by atoms with Gasteiger partial charge in [0, 0.05) is 47.7 Å². The molecule has 0 radical (unpaired) electrons. The van der Waals surface area contributed by atoms with E-state index in [1.165, 1.54) is 6.07 Å². The van der Waals surface area contributed by atoms with Gasteiger partial charge in [0.15, 0.2) is 11.6 Å². The Morgan fingerprint density at radius 3 is 2.51 bits per heavy atom. The van der Waals surface area contributed by atoms with Crippen LogP contribution in [0.4, 0.5) is 8.78 Å². The number of carbonyl (C=O) groups is 1. The molecule has 8 nitrogen and oxygen atoms in total. The second-order valence-electron chi connectivity index (χ2n) is 10.4. The van der Waals surface area contributed by atoms with Crippen LogP contribution in [0.3, 0.4) is 0 Å². The van der Waals surface area contributed by atoms with E-state index >= 15 is 0 Å². The standard InChI is InChI=1S/C34H32BrF2N3O5/c1-43-29-5-2-4-24(18-29)31-34(20-22-6-11-26(35)12-7-22,33(42)40-38-21-25-8-13-27(36)19-30(25)37)39-32(45-31)23-9-14-28(15-10-23)44-17-3-16-41/h2,4-15,18-19,31,38,41H,3,16-17,20-21H2,1H3,(H,40,42)/t31-,34-/m0/s1. The number of aliphatic imine (C=N–C) groups is 1. The summed E-state index contributed by atoms with van der Waals surface area (Å²) < 4.78 is 46.3. The van der Waals surface area contributed by atoms with Crippen LogP contribution in [0, 0.1) is 11.6 Å². The van der Waals surface area contributed by atoms with E-state index in [9.17, 15) is 13.6 Å². The van der Waals surface area contributed by atoms with Gasteiger partial charge < -0.3 is 19.3 Å². The van der Waals surface area contributed by atoms with Crippen LogP contribution in [-0.2, 0) is 22.5 Å². The highest BCUT2D eigenvalue weighted by Gasteiger charge is 2.53. The Morgan fingerprint density at radius 1 is 1.02 bits per heavy atom. The molecule has 0 saturated carbocycles. The van der Waals surface area contributed by atoms with Gasteiger partial charge in [-0.2, -0.15) is 0 Å². The van der Waals surface area contributed by atoms with Crippen molar-refractivity contribution in [3.8, 4) is 11.5 Å². The highest BCUT2D eigenvalue weighted by Crippen LogP contribution is 2.43. The molecule has 0 spiro atoms. The third-order valence-electron chi connectivity index (χ3n) is 7.31. The summed E-state index contributed by atoms with van der Waals surface area (Å²) in [4.78, 5) is 19.3. The molecule has 1 aliphatic heterocycles. The molecule has 1 amide bonds. The number of methoxy groups -OCH3 is 1. The third-order valence-corrected chi connectivity index (χ3v) is 7.84. The van der Waals surface area contributed by atoms with Gasteiger partial charge in [-0.05, 0) is 65.7 Å². The zero-order chi connectivity index (χ0) is 31.8. The SMILES string of the molecule is COc1cccc([C@@H]2OC(c3ccc(OCCCO)cc3)=N[C@]2(Cc2ccc(Br)cc2)C(=O)NNCc2ccc(F)cc2F)c1. The molecular formula is C34H32BrF2N3O5. The van der Waals surface area contributed by atoms with Crippen molar-refractivity contribution in [1.82, 2.24) is 10.9 Å². The second-order valence-corrected chi connectivity index (χ2v) is 11.3. The van der Waals surface area contributed by atoms with E-state index in [2.05, 4.69) is 26.8 Å². The van der Waals surface area contributed by atoms with Gasteiger partial charge >= 0.3 is 0 Å². The zero-order valence-corrected chi connectivity index (χ0v) is 26.0. The van der Waals surface area contributed by atoms with Gasteiger partial charge in [0.05, 0.1) is 13.7 Å². The Morgan fingerprint density at radius 2 is 1.80 bits per heavy atom. The number of hydrogen-bond donors (Lipinski definition) is 3. The van der Waals surface area contributed by atoms with Crippen LogP contribution in [0.5, 0.6) is 11.5 Å². The van der Waals surface area contributed by atoms with Gasteiger partial charge in [-0.15, -0.1) is 0 Å². The van der Waals surface area contributed by atoms with Crippen molar-refractivity contribution in [2.45, 2.75) is 31.0 Å². The third kappa shape index (κ3) is 7.67. The summed E-state index contributed by atoms with van der Waals surface area (Å²) in [6.07, 6.45) is -0.210. The molecule has 4 aromatic rings. The van der Waals surface area contributed by atoms with Crippen molar-refractivity contribution in [1.29, 1.82) is 0 Å². The first kappa shape index (κ1) is 32.1. The average molecular weight is 681 g/mol. The first-order chi connectivity index (χ1) is 21.8. The Kier molecular flexibility index (Phi) is 10.4. The first-order valence-electron chi connectivity index (χ1n) is 14.3. The minimum absolute atomic E-state index is 0.0323. The van der Waals surface area contributed by atoms with E-state index in [1.807, 2.05) is 36.4 Å². The molecule has 2 atom stereocenters. The lowest BCUT2D eigenvalue weighted by atomic mass is 9.82. The van der Waals surface area contributed by atoms with Crippen LogP contribution in [0.1, 0.15) is 34.8 Å². The van der Waals surface area contributed by atoms with Gasteiger partial charge in [-0.3, -0.25) is 10.2 Å². The number of carbonyl (C=O) groups excluding carboxylic acids is 1. The van der Waals surface area contributed by atoms with Crippen LogP contribution in [0.25, 0.3) is 0 Å². The minimum atomic E-state index is -1.51. The van der Waals surface area contributed by atoms with Crippen LogP contribution in [0.2, 0.25) is 0 Å². The van der Waals surface area contributed by atoms with Crippen LogP contribution in [-0.4, -0.2) is 42.8 Å². The molecule has 234 valence electrons.